The molecule has 314 valence electrons. The van der Waals surface area contributed by atoms with E-state index in [4.69, 9.17) is 0 Å². The lowest BCUT2D eigenvalue weighted by Crippen LogP contribution is -2.55. The van der Waals surface area contributed by atoms with Crippen LogP contribution in [0.15, 0.2) is 61.9 Å². The predicted molar refractivity (Wildman–Crippen MR) is 233 cm³/mol. The van der Waals surface area contributed by atoms with Gasteiger partial charge in [0.2, 0.25) is 0 Å². The molecule has 9 nitrogen and oxygen atoms in total. The van der Waals surface area contributed by atoms with Crippen molar-refractivity contribution in [2.75, 3.05) is 0 Å². The molecule has 2 aromatic carbocycles. The molecule has 0 saturated heterocycles. The molecular weight excluding hydrogens is 715 g/mol. The van der Waals surface area contributed by atoms with E-state index in [0.29, 0.717) is 39.0 Å². The first kappa shape index (κ1) is 45.6. The molecule has 3 N–H and O–H groups in total. The van der Waals surface area contributed by atoms with E-state index in [1.165, 1.54) is 0 Å². The van der Waals surface area contributed by atoms with Crippen LogP contribution in [0.5, 0.6) is 11.5 Å². The number of rotatable bonds is 6. The minimum atomic E-state index is -0.752. The van der Waals surface area contributed by atoms with Crippen LogP contribution in [-0.4, -0.2) is 35.1 Å². The van der Waals surface area contributed by atoms with Crippen LogP contribution in [0.4, 0.5) is 0 Å². The Morgan fingerprint density at radius 2 is 0.789 bits per heavy atom. The third-order valence-corrected chi connectivity index (χ3v) is 11.2. The fourth-order valence-electron chi connectivity index (χ4n) is 7.82. The average Bonchev–Trinajstić information content (AvgIpc) is 3.02. The Morgan fingerprint density at radius 1 is 0.491 bits per heavy atom. The molecule has 1 heterocycles. The third kappa shape index (κ3) is 9.62. The Labute approximate surface area is 340 Å². The van der Waals surface area contributed by atoms with Gasteiger partial charge in [0.05, 0.1) is 25.7 Å². The zero-order chi connectivity index (χ0) is 43.8. The Hall–Kier alpha value is -4.11. The summed E-state index contributed by atoms with van der Waals surface area (Å²) >= 11 is 0. The number of phenols is 2. The van der Waals surface area contributed by atoms with Gasteiger partial charge in [-0.05, 0) is 101 Å². The van der Waals surface area contributed by atoms with Crippen LogP contribution in [0.1, 0.15) is 158 Å². The van der Waals surface area contributed by atoms with Gasteiger partial charge in [0.15, 0.2) is 0 Å². The van der Waals surface area contributed by atoms with E-state index in [2.05, 4.69) is 20.8 Å². The number of aromatic nitrogens is 3. The van der Waals surface area contributed by atoms with E-state index >= 15 is 0 Å². The normalized spacial score (nSPS) is 17.5. The van der Waals surface area contributed by atoms with Gasteiger partial charge >= 0.3 is 17.1 Å². The molecule has 0 saturated carbocycles. The summed E-state index contributed by atoms with van der Waals surface area (Å²) in [5.41, 5.74) is 0.826. The highest BCUT2D eigenvalue weighted by Crippen LogP contribution is 2.44. The number of hydrogen-bond acceptors (Lipinski definition) is 6. The quantitative estimate of drug-likeness (QED) is 0.229. The van der Waals surface area contributed by atoms with Crippen LogP contribution in [0.2, 0.25) is 0 Å². The molecule has 1 aliphatic rings. The van der Waals surface area contributed by atoms with Gasteiger partial charge < -0.3 is 15.3 Å². The van der Waals surface area contributed by atoms with Crippen molar-refractivity contribution < 1.29 is 15.3 Å². The van der Waals surface area contributed by atoms with Crippen molar-refractivity contribution in [3.05, 3.63) is 112 Å². The summed E-state index contributed by atoms with van der Waals surface area (Å²) in [5.74, 6) is 0.0839. The molecule has 9 heteroatoms. The van der Waals surface area contributed by atoms with E-state index in [9.17, 15) is 29.7 Å². The highest BCUT2D eigenvalue weighted by Gasteiger charge is 2.38. The summed E-state index contributed by atoms with van der Waals surface area (Å²) in [6, 6.07) is 7.38. The molecule has 0 fully saturated rings. The van der Waals surface area contributed by atoms with Gasteiger partial charge in [-0.25, -0.2) is 28.1 Å². The molecule has 0 amide bonds. The monoisotopic (exact) mass is 786 g/mol. The van der Waals surface area contributed by atoms with E-state index in [-0.39, 0.29) is 42.5 Å². The van der Waals surface area contributed by atoms with Gasteiger partial charge in [0.25, 0.3) is 0 Å². The first-order chi connectivity index (χ1) is 25.5. The molecule has 2 atom stereocenters. The molecule has 0 aliphatic heterocycles. The highest BCUT2D eigenvalue weighted by atomic mass is 16.3. The fraction of sp³-hybridized carbons (Fsp3) is 0.604. The number of nitrogens with zero attached hydrogens (tertiary/aromatic N) is 3. The van der Waals surface area contributed by atoms with Crippen LogP contribution >= 0.6 is 0 Å². The summed E-state index contributed by atoms with van der Waals surface area (Å²) in [7, 11) is 0. The van der Waals surface area contributed by atoms with Crippen molar-refractivity contribution in [3.63, 3.8) is 0 Å². The summed E-state index contributed by atoms with van der Waals surface area (Å²) in [4.78, 5) is 44.1. The molecule has 0 spiro atoms. The maximum atomic E-state index is 14.7. The van der Waals surface area contributed by atoms with Gasteiger partial charge in [0, 0.05) is 5.92 Å². The second-order valence-corrected chi connectivity index (χ2v) is 22.6. The molecule has 57 heavy (non-hydrogen) atoms. The van der Waals surface area contributed by atoms with Crippen LogP contribution < -0.4 is 17.1 Å². The lowest BCUT2D eigenvalue weighted by Gasteiger charge is -2.40. The molecule has 0 bridgehead atoms. The van der Waals surface area contributed by atoms with Crippen molar-refractivity contribution in [2.24, 2.45) is 16.7 Å². The Balaban J connectivity index is 2.09. The minimum Gasteiger partial charge on any atom is -0.507 e. The summed E-state index contributed by atoms with van der Waals surface area (Å²) < 4.78 is 3.37. The van der Waals surface area contributed by atoms with Crippen LogP contribution in [0, 0.1) is 16.7 Å². The fourth-order valence-corrected chi connectivity index (χ4v) is 7.82. The molecule has 1 aromatic heterocycles. The van der Waals surface area contributed by atoms with Gasteiger partial charge in [-0.3, -0.25) is 0 Å². The minimum absolute atomic E-state index is 0.108. The van der Waals surface area contributed by atoms with Gasteiger partial charge in [-0.2, -0.15) is 0 Å². The number of allylic oxidation sites excluding steroid dienone is 2. The lowest BCUT2D eigenvalue weighted by molar-refractivity contribution is 0.0815. The van der Waals surface area contributed by atoms with Crippen LogP contribution in [0.3, 0.4) is 0 Å². The van der Waals surface area contributed by atoms with E-state index in [1.807, 2.05) is 140 Å². The summed E-state index contributed by atoms with van der Waals surface area (Å²) in [5, 5.41) is 34.5. The molecule has 4 rings (SSSR count). The number of hydrogen-bond donors (Lipinski definition) is 3. The molecule has 2 unspecified atom stereocenters. The van der Waals surface area contributed by atoms with Crippen molar-refractivity contribution in [1.82, 2.24) is 13.7 Å². The summed E-state index contributed by atoms with van der Waals surface area (Å²) in [6.45, 7) is 36.0. The van der Waals surface area contributed by atoms with Crippen molar-refractivity contribution in [2.45, 2.75) is 172 Å². The van der Waals surface area contributed by atoms with E-state index in [0.717, 1.165) is 19.3 Å². The Kier molecular flexibility index (Phi) is 11.9. The summed E-state index contributed by atoms with van der Waals surface area (Å²) in [6.07, 6.45) is 3.11. The third-order valence-electron chi connectivity index (χ3n) is 11.2. The van der Waals surface area contributed by atoms with Crippen LogP contribution in [-0.2, 0) is 41.3 Å². The SMILES string of the molecule is CC(C)(C)C1=CC(Cn2c(=O)n(Cc3cc(C(C)(C)C)c(O)c(C(C)(C)C)c3)c(=O)n(Cc3cc(C(C)(C)C)c(O)c(C(C)(C)C)c3)c2=O)=CC(C(C)(C)C)C1O. The molecular formula is C48H71N3O6. The number of benzene rings is 2. The van der Waals surface area contributed by atoms with Crippen molar-refractivity contribution >= 4 is 0 Å². The smallest absolute Gasteiger partial charge is 0.336 e. The van der Waals surface area contributed by atoms with E-state index < -0.39 is 50.2 Å². The van der Waals surface area contributed by atoms with Gasteiger partial charge in [-0.1, -0.05) is 137 Å². The first-order valence-electron chi connectivity index (χ1n) is 20.3. The topological polar surface area (TPSA) is 127 Å². The number of aromatic hydroxyl groups is 2. The second-order valence-electron chi connectivity index (χ2n) is 22.6. The predicted octanol–water partition coefficient (Wildman–Crippen LogP) is 8.81. The lowest BCUT2D eigenvalue weighted by atomic mass is 9.67. The van der Waals surface area contributed by atoms with E-state index in [1.54, 1.807) is 0 Å². The zero-order valence-corrected chi connectivity index (χ0v) is 38.1. The molecule has 0 radical (unpaired) electrons. The van der Waals surface area contributed by atoms with Gasteiger partial charge in [-0.15, -0.1) is 0 Å². The second kappa shape index (κ2) is 14.9. The first-order valence-corrected chi connectivity index (χ1v) is 20.3. The van der Waals surface area contributed by atoms with Crippen LogP contribution in [0.25, 0.3) is 0 Å². The molecule has 3 aromatic rings. The highest BCUT2D eigenvalue weighted by molar-refractivity contribution is 5.51. The average molecular weight is 786 g/mol. The zero-order valence-electron chi connectivity index (χ0n) is 38.1. The Bertz CT molecular complexity index is 2080. The van der Waals surface area contributed by atoms with Gasteiger partial charge in [0.1, 0.15) is 11.5 Å². The van der Waals surface area contributed by atoms with Crippen molar-refractivity contribution in [1.29, 1.82) is 0 Å². The largest absolute Gasteiger partial charge is 0.507 e. The van der Waals surface area contributed by atoms with Crippen molar-refractivity contribution in [3.8, 4) is 11.5 Å². The number of aliphatic hydroxyl groups excluding tert-OH is 1. The standard InChI is InChI=1S/C48H71N3O6/c1-43(2,3)31-19-28(20-32(37(31)52)44(4,5)6)25-49-40(55)50(26-29-21-33(45(7,8)9)38(53)34(22-29)46(10,11)12)42(57)51(41(49)56)27-30-23-35(47(13,14)15)39(54)36(24-30)48(16,17)18/h19-24,31,37,52-54H,25-27H2,1-18H3. The Morgan fingerprint density at radius 3 is 1.05 bits per heavy atom. The number of aliphatic hydroxyl groups is 1. The maximum absolute atomic E-state index is 14.7. The number of phenolic OH excluding ortho intramolecular Hbond substituents is 2. The molecule has 1 aliphatic carbocycles. The maximum Gasteiger partial charge on any atom is 0.336 e.